The molecule has 2 aromatic rings. The van der Waals surface area contributed by atoms with Crippen LogP contribution in [0, 0.1) is 0 Å². The van der Waals surface area contributed by atoms with E-state index in [-0.39, 0.29) is 18.2 Å². The summed E-state index contributed by atoms with van der Waals surface area (Å²) >= 11 is 7.63. The molecule has 0 bridgehead atoms. The minimum atomic E-state index is -0.0151. The number of hydrogen-bond acceptors (Lipinski definition) is 6. The van der Waals surface area contributed by atoms with Gasteiger partial charge in [-0.25, -0.2) is 9.78 Å². The molecule has 2 saturated heterocycles. The van der Waals surface area contributed by atoms with Crippen LogP contribution < -0.4 is 10.2 Å². The number of hydrogen-bond donors (Lipinski definition) is 1. The predicted molar refractivity (Wildman–Crippen MR) is 125 cm³/mol. The highest BCUT2D eigenvalue weighted by Gasteiger charge is 2.23. The van der Waals surface area contributed by atoms with Crippen LogP contribution in [0.3, 0.4) is 0 Å². The first-order valence-electron chi connectivity index (χ1n) is 10.8. The normalized spacial score (nSPS) is 22.5. The average molecular weight is 464 g/mol. The number of nitrogens with zero attached hydrogens (tertiary/aromatic N) is 4. The number of morpholine rings is 1. The molecule has 2 aliphatic heterocycles. The number of piperazine rings is 1. The summed E-state index contributed by atoms with van der Waals surface area (Å²) in [7, 11) is 0. The first kappa shape index (κ1) is 22.3. The minimum Gasteiger partial charge on any atom is -0.372 e. The fourth-order valence-electron chi connectivity index (χ4n) is 4.13. The van der Waals surface area contributed by atoms with Gasteiger partial charge in [0.15, 0.2) is 0 Å². The lowest BCUT2D eigenvalue weighted by molar-refractivity contribution is -0.00546. The van der Waals surface area contributed by atoms with Crippen molar-refractivity contribution in [2.24, 2.45) is 0 Å². The van der Waals surface area contributed by atoms with Gasteiger partial charge in [-0.15, -0.1) is 11.3 Å². The smallest absolute Gasteiger partial charge is 0.317 e. The van der Waals surface area contributed by atoms with E-state index in [2.05, 4.69) is 40.0 Å². The quantitative estimate of drug-likeness (QED) is 0.736. The van der Waals surface area contributed by atoms with Crippen molar-refractivity contribution in [3.8, 4) is 0 Å². The number of urea groups is 1. The van der Waals surface area contributed by atoms with Gasteiger partial charge < -0.3 is 19.9 Å². The number of aromatic nitrogens is 1. The molecule has 0 aliphatic carbocycles. The second kappa shape index (κ2) is 10.2. The van der Waals surface area contributed by atoms with Crippen LogP contribution in [0.2, 0.25) is 4.34 Å². The molecule has 2 unspecified atom stereocenters. The van der Waals surface area contributed by atoms with E-state index in [9.17, 15) is 4.79 Å². The van der Waals surface area contributed by atoms with Gasteiger partial charge in [0.05, 0.1) is 16.5 Å². The third-order valence-electron chi connectivity index (χ3n) is 5.66. The van der Waals surface area contributed by atoms with Gasteiger partial charge in [-0.1, -0.05) is 17.7 Å². The second-order valence-corrected chi connectivity index (χ2v) is 10.1. The molecule has 0 radical (unpaired) electrons. The van der Waals surface area contributed by atoms with Crippen molar-refractivity contribution in [3.63, 3.8) is 0 Å². The number of thiophene rings is 1. The first-order chi connectivity index (χ1) is 15.0. The lowest BCUT2D eigenvalue weighted by Crippen LogP contribution is -2.51. The lowest BCUT2D eigenvalue weighted by atomic mass is 10.2. The van der Waals surface area contributed by atoms with E-state index in [1.165, 1.54) is 4.88 Å². The van der Waals surface area contributed by atoms with Gasteiger partial charge in [0.2, 0.25) is 0 Å². The van der Waals surface area contributed by atoms with Gasteiger partial charge in [-0.2, -0.15) is 0 Å². The summed E-state index contributed by atoms with van der Waals surface area (Å²) in [6.45, 7) is 10.4. The zero-order valence-corrected chi connectivity index (χ0v) is 19.7. The topological polar surface area (TPSA) is 60.9 Å². The van der Waals surface area contributed by atoms with E-state index >= 15 is 0 Å². The Labute approximate surface area is 192 Å². The van der Waals surface area contributed by atoms with Crippen molar-refractivity contribution in [3.05, 3.63) is 45.2 Å². The third kappa shape index (κ3) is 6.10. The molecule has 0 aromatic carbocycles. The number of anilines is 1. The van der Waals surface area contributed by atoms with Gasteiger partial charge in [0.25, 0.3) is 0 Å². The molecule has 2 fully saturated rings. The van der Waals surface area contributed by atoms with E-state index < -0.39 is 0 Å². The molecule has 7 nitrogen and oxygen atoms in total. The standard InChI is InChI=1S/C22H30ClN5O2S/c1-16-13-28(14-17(2)30-16)21-6-3-18(11-24-21)12-25-22(29)27-9-7-26(8-10-27)15-19-4-5-20(23)31-19/h3-6,11,16-17H,7-10,12-15H2,1-2H3,(H,25,29). The molecule has 2 atom stereocenters. The van der Waals surface area contributed by atoms with Crippen molar-refractivity contribution in [2.75, 3.05) is 44.2 Å². The predicted octanol–water partition coefficient (Wildman–Crippen LogP) is 3.44. The van der Waals surface area contributed by atoms with Crippen LogP contribution in [0.4, 0.5) is 10.6 Å². The number of pyridine rings is 1. The molecule has 4 heterocycles. The van der Waals surface area contributed by atoms with E-state index in [4.69, 9.17) is 16.3 Å². The molecule has 1 N–H and O–H groups in total. The molecular weight excluding hydrogens is 434 g/mol. The van der Waals surface area contributed by atoms with Gasteiger partial charge in [0, 0.05) is 63.4 Å². The number of nitrogens with one attached hydrogen (secondary N) is 1. The summed E-state index contributed by atoms with van der Waals surface area (Å²) in [4.78, 5) is 24.9. The second-order valence-electron chi connectivity index (χ2n) is 8.31. The van der Waals surface area contributed by atoms with Crippen LogP contribution in [-0.2, 0) is 17.8 Å². The number of ether oxygens (including phenoxy) is 1. The molecule has 9 heteroatoms. The van der Waals surface area contributed by atoms with E-state index in [1.54, 1.807) is 11.3 Å². The largest absolute Gasteiger partial charge is 0.372 e. The minimum absolute atomic E-state index is 0.0151. The Balaban J connectivity index is 1.21. The summed E-state index contributed by atoms with van der Waals surface area (Å²) in [5, 5.41) is 3.03. The molecular formula is C22H30ClN5O2S. The van der Waals surface area contributed by atoms with Crippen molar-refractivity contribution in [1.82, 2.24) is 20.1 Å². The maximum atomic E-state index is 12.6. The van der Waals surface area contributed by atoms with Crippen molar-refractivity contribution in [2.45, 2.75) is 39.1 Å². The summed E-state index contributed by atoms with van der Waals surface area (Å²) < 4.78 is 6.62. The van der Waals surface area contributed by atoms with Gasteiger partial charge >= 0.3 is 6.03 Å². The van der Waals surface area contributed by atoms with Crippen LogP contribution >= 0.6 is 22.9 Å². The Kier molecular flexibility index (Phi) is 7.32. The monoisotopic (exact) mass is 463 g/mol. The van der Waals surface area contributed by atoms with E-state index in [0.29, 0.717) is 6.54 Å². The molecule has 0 saturated carbocycles. The fourth-order valence-corrected chi connectivity index (χ4v) is 5.26. The van der Waals surface area contributed by atoms with Crippen LogP contribution in [0.25, 0.3) is 0 Å². The Morgan fingerprint density at radius 3 is 2.52 bits per heavy atom. The number of rotatable bonds is 5. The lowest BCUT2D eigenvalue weighted by Gasteiger charge is -2.36. The summed E-state index contributed by atoms with van der Waals surface area (Å²) in [6.07, 6.45) is 2.26. The maximum absolute atomic E-state index is 12.6. The van der Waals surface area contributed by atoms with E-state index in [1.807, 2.05) is 29.3 Å². The number of carbonyl (C=O) groups is 1. The summed E-state index contributed by atoms with van der Waals surface area (Å²) in [6, 6.07) is 8.07. The molecule has 0 spiro atoms. The molecule has 2 aromatic heterocycles. The third-order valence-corrected chi connectivity index (χ3v) is 6.88. The molecule has 2 aliphatic rings. The zero-order chi connectivity index (χ0) is 21.8. The molecule has 2 amide bonds. The van der Waals surface area contributed by atoms with Crippen molar-refractivity contribution >= 4 is 34.8 Å². The van der Waals surface area contributed by atoms with Crippen LogP contribution in [0.5, 0.6) is 0 Å². The van der Waals surface area contributed by atoms with Crippen LogP contribution in [0.1, 0.15) is 24.3 Å². The van der Waals surface area contributed by atoms with Gasteiger partial charge in [-0.3, -0.25) is 4.90 Å². The average Bonchev–Trinajstić information content (AvgIpc) is 3.17. The Morgan fingerprint density at radius 2 is 1.90 bits per heavy atom. The number of halogens is 1. The van der Waals surface area contributed by atoms with Crippen LogP contribution in [-0.4, -0.2) is 72.3 Å². The zero-order valence-electron chi connectivity index (χ0n) is 18.1. The van der Waals surface area contributed by atoms with Gasteiger partial charge in [-0.05, 0) is 37.6 Å². The maximum Gasteiger partial charge on any atom is 0.317 e. The highest BCUT2D eigenvalue weighted by molar-refractivity contribution is 7.16. The number of amides is 2. The fraction of sp³-hybridized carbons (Fsp3) is 0.545. The summed E-state index contributed by atoms with van der Waals surface area (Å²) in [5.41, 5.74) is 1.000. The molecule has 168 valence electrons. The Morgan fingerprint density at radius 1 is 1.16 bits per heavy atom. The molecule has 31 heavy (non-hydrogen) atoms. The van der Waals surface area contributed by atoms with Crippen LogP contribution in [0.15, 0.2) is 30.5 Å². The highest BCUT2D eigenvalue weighted by Crippen LogP contribution is 2.23. The first-order valence-corrected chi connectivity index (χ1v) is 12.0. The Bertz CT molecular complexity index is 859. The summed E-state index contributed by atoms with van der Waals surface area (Å²) in [5.74, 6) is 0.959. The van der Waals surface area contributed by atoms with Crippen molar-refractivity contribution < 1.29 is 9.53 Å². The Hall–Kier alpha value is -1.87. The van der Waals surface area contributed by atoms with Gasteiger partial charge in [0.1, 0.15) is 5.82 Å². The molecule has 4 rings (SSSR count). The SMILES string of the molecule is CC1CN(c2ccc(CNC(=O)N3CCN(Cc4ccc(Cl)s4)CC3)cn2)CC(C)O1. The highest BCUT2D eigenvalue weighted by atomic mass is 35.5. The number of carbonyl (C=O) groups excluding carboxylic acids is 1. The van der Waals surface area contributed by atoms with Crippen molar-refractivity contribution in [1.29, 1.82) is 0 Å². The van der Waals surface area contributed by atoms with E-state index in [0.717, 1.165) is 61.5 Å².